The summed E-state index contributed by atoms with van der Waals surface area (Å²) in [5.74, 6) is -0.315. The third-order valence-electron chi connectivity index (χ3n) is 6.32. The lowest BCUT2D eigenvalue weighted by atomic mass is 9.82. The maximum atomic E-state index is 13.1. The van der Waals surface area contributed by atoms with E-state index < -0.39 is 16.1 Å². The lowest BCUT2D eigenvalue weighted by Crippen LogP contribution is -2.48. The summed E-state index contributed by atoms with van der Waals surface area (Å²) in [5, 5.41) is 10.3. The van der Waals surface area contributed by atoms with Crippen LogP contribution < -0.4 is 15.8 Å². The van der Waals surface area contributed by atoms with E-state index >= 15 is 0 Å². The maximum Gasteiger partial charge on any atom is 0.243 e. The molecule has 2 fully saturated rings. The van der Waals surface area contributed by atoms with Crippen molar-refractivity contribution in [2.45, 2.75) is 63.6 Å². The lowest BCUT2D eigenvalue weighted by molar-refractivity contribution is -0.139. The van der Waals surface area contributed by atoms with Crippen molar-refractivity contribution in [2.75, 3.05) is 12.8 Å². The predicted molar refractivity (Wildman–Crippen MR) is 122 cm³/mol. The summed E-state index contributed by atoms with van der Waals surface area (Å²) in [6.45, 7) is 0.875. The van der Waals surface area contributed by atoms with Crippen molar-refractivity contribution in [3.8, 4) is 0 Å². The van der Waals surface area contributed by atoms with Gasteiger partial charge in [0.25, 0.3) is 0 Å². The van der Waals surface area contributed by atoms with Crippen LogP contribution in [0, 0.1) is 11.3 Å². The number of likely N-dealkylation sites (tertiary alicyclic amines) is 1. The van der Waals surface area contributed by atoms with E-state index in [4.69, 9.17) is 11.1 Å². The number of rotatable bonds is 8. The Morgan fingerprint density at radius 1 is 1.12 bits per heavy atom. The van der Waals surface area contributed by atoms with Gasteiger partial charge < -0.3 is 16.0 Å². The Bertz CT molecular complexity index is 948. The molecule has 1 aromatic rings. The molecular weight excluding hydrogens is 430 g/mol. The number of sulfonamides is 1. The van der Waals surface area contributed by atoms with Gasteiger partial charge in [-0.05, 0) is 37.2 Å². The Labute approximate surface area is 189 Å². The maximum absolute atomic E-state index is 13.1. The van der Waals surface area contributed by atoms with Crippen LogP contribution >= 0.6 is 0 Å². The van der Waals surface area contributed by atoms with Gasteiger partial charge in [-0.2, -0.15) is 0 Å². The molecule has 10 heteroatoms. The fourth-order valence-electron chi connectivity index (χ4n) is 4.67. The summed E-state index contributed by atoms with van der Waals surface area (Å²) in [4.78, 5) is 27.5. The highest BCUT2D eigenvalue weighted by molar-refractivity contribution is 7.88. The highest BCUT2D eigenvalue weighted by atomic mass is 32.2. The topological polar surface area (TPSA) is 145 Å². The first kappa shape index (κ1) is 24.2. The quantitative estimate of drug-likeness (QED) is 0.337. The normalized spacial score (nSPS) is 23.7. The molecule has 1 aliphatic carbocycles. The second-order valence-electron chi connectivity index (χ2n) is 8.82. The van der Waals surface area contributed by atoms with Gasteiger partial charge in [-0.15, -0.1) is 0 Å². The van der Waals surface area contributed by atoms with Crippen LogP contribution in [0.2, 0.25) is 0 Å². The van der Waals surface area contributed by atoms with E-state index in [0.717, 1.165) is 43.9 Å². The summed E-state index contributed by atoms with van der Waals surface area (Å²) in [6, 6.07) is 6.37. The number of carbonyl (C=O) groups excluding carboxylic acids is 2. The summed E-state index contributed by atoms with van der Waals surface area (Å²) in [6.07, 6.45) is 6.26. The van der Waals surface area contributed by atoms with Crippen LogP contribution in [0.5, 0.6) is 0 Å². The molecule has 1 aliphatic heterocycles. The molecule has 0 radical (unpaired) electrons. The number of nitrogens with one attached hydrogen (secondary N) is 3. The van der Waals surface area contributed by atoms with E-state index in [1.165, 1.54) is 0 Å². The van der Waals surface area contributed by atoms with Crippen LogP contribution in [-0.4, -0.2) is 55.9 Å². The zero-order chi connectivity index (χ0) is 23.3. The minimum Gasteiger partial charge on any atom is -0.384 e. The molecule has 2 amide bonds. The molecule has 5 N–H and O–H groups in total. The van der Waals surface area contributed by atoms with Gasteiger partial charge in [0.15, 0.2) is 0 Å². The summed E-state index contributed by atoms with van der Waals surface area (Å²) < 4.78 is 26.1. The highest BCUT2D eigenvalue weighted by Crippen LogP contribution is 2.29. The van der Waals surface area contributed by atoms with Gasteiger partial charge in [0, 0.05) is 31.1 Å². The van der Waals surface area contributed by atoms with Crippen molar-refractivity contribution in [3.63, 3.8) is 0 Å². The third-order valence-corrected chi connectivity index (χ3v) is 7.05. The zero-order valence-electron chi connectivity index (χ0n) is 18.5. The van der Waals surface area contributed by atoms with E-state index in [9.17, 15) is 18.0 Å². The largest absolute Gasteiger partial charge is 0.384 e. The fraction of sp³-hybridized carbons (Fsp3) is 0.591. The van der Waals surface area contributed by atoms with E-state index in [-0.39, 0.29) is 36.0 Å². The minimum atomic E-state index is -3.33. The van der Waals surface area contributed by atoms with Gasteiger partial charge in [0.05, 0.1) is 6.26 Å². The molecule has 0 spiro atoms. The molecule has 3 atom stereocenters. The molecular formula is C22H33N5O4S. The second kappa shape index (κ2) is 10.4. The van der Waals surface area contributed by atoms with Crippen molar-refractivity contribution in [1.29, 1.82) is 5.41 Å². The van der Waals surface area contributed by atoms with Gasteiger partial charge in [0.2, 0.25) is 21.8 Å². The van der Waals surface area contributed by atoms with E-state index in [2.05, 4.69) is 10.0 Å². The average molecular weight is 464 g/mol. The standard InChI is InChI=1S/C22H33N5O4S/c1-32(30,31)26-18-6-3-2-5-17(18)13-20(28)27-12-4-7-19(27)22(29)25-14-15-8-10-16(11-9-15)21(23)24/h8-11,17-19,26H,2-7,12-14H2,1H3,(H3,23,24)(H,25,29)/t17?,18?,19-/m0/s1. The lowest BCUT2D eigenvalue weighted by Gasteiger charge is -2.33. The Morgan fingerprint density at radius 3 is 2.47 bits per heavy atom. The second-order valence-corrected chi connectivity index (χ2v) is 10.6. The van der Waals surface area contributed by atoms with E-state index in [1.54, 1.807) is 17.0 Å². The van der Waals surface area contributed by atoms with Crippen LogP contribution in [0.15, 0.2) is 24.3 Å². The first-order valence-corrected chi connectivity index (χ1v) is 13.0. The third kappa shape index (κ3) is 6.52. The van der Waals surface area contributed by atoms with E-state index in [1.807, 2.05) is 12.1 Å². The smallest absolute Gasteiger partial charge is 0.243 e. The minimum absolute atomic E-state index is 0.00682. The van der Waals surface area contributed by atoms with Gasteiger partial charge in [0.1, 0.15) is 11.9 Å². The number of benzene rings is 1. The number of hydrogen-bond donors (Lipinski definition) is 4. The molecule has 9 nitrogen and oxygen atoms in total. The predicted octanol–water partition coefficient (Wildman–Crippen LogP) is 1.08. The van der Waals surface area contributed by atoms with Crippen molar-refractivity contribution in [3.05, 3.63) is 35.4 Å². The number of carbonyl (C=O) groups is 2. The van der Waals surface area contributed by atoms with Gasteiger partial charge in [-0.3, -0.25) is 15.0 Å². The van der Waals surface area contributed by atoms with Gasteiger partial charge >= 0.3 is 0 Å². The molecule has 32 heavy (non-hydrogen) atoms. The van der Waals surface area contributed by atoms with Crippen LogP contribution in [0.4, 0.5) is 0 Å². The van der Waals surface area contributed by atoms with Crippen molar-refractivity contribution >= 4 is 27.7 Å². The Kier molecular flexibility index (Phi) is 7.89. The van der Waals surface area contributed by atoms with Crippen molar-refractivity contribution in [1.82, 2.24) is 14.9 Å². The number of amidine groups is 1. The summed E-state index contributed by atoms with van der Waals surface area (Å²) >= 11 is 0. The average Bonchev–Trinajstić information content (AvgIpc) is 3.23. The number of nitrogens with zero attached hydrogens (tertiary/aromatic N) is 1. The Hall–Kier alpha value is -2.46. The molecule has 1 heterocycles. The first-order chi connectivity index (χ1) is 15.1. The molecule has 1 saturated heterocycles. The molecule has 1 aromatic carbocycles. The molecule has 2 unspecified atom stereocenters. The van der Waals surface area contributed by atoms with E-state index in [0.29, 0.717) is 25.1 Å². The van der Waals surface area contributed by atoms with Crippen LogP contribution in [0.1, 0.15) is 56.1 Å². The monoisotopic (exact) mass is 463 g/mol. The SMILES string of the molecule is CS(=O)(=O)NC1CCCCC1CC(=O)N1CCC[C@H]1C(=O)NCc1ccc(C(=N)N)cc1. The van der Waals surface area contributed by atoms with Crippen LogP contribution in [0.25, 0.3) is 0 Å². The van der Waals surface area contributed by atoms with Crippen LogP contribution in [-0.2, 0) is 26.2 Å². The first-order valence-electron chi connectivity index (χ1n) is 11.1. The Balaban J connectivity index is 1.57. The number of hydrogen-bond acceptors (Lipinski definition) is 5. The Morgan fingerprint density at radius 2 is 1.81 bits per heavy atom. The number of nitrogen functional groups attached to an aromatic ring is 1. The van der Waals surface area contributed by atoms with Crippen molar-refractivity contribution < 1.29 is 18.0 Å². The zero-order valence-corrected chi connectivity index (χ0v) is 19.3. The number of nitrogens with two attached hydrogens (primary N) is 1. The molecule has 3 rings (SSSR count). The van der Waals surface area contributed by atoms with Crippen LogP contribution in [0.3, 0.4) is 0 Å². The summed E-state index contributed by atoms with van der Waals surface area (Å²) in [5.41, 5.74) is 6.97. The highest BCUT2D eigenvalue weighted by Gasteiger charge is 2.36. The van der Waals surface area contributed by atoms with Gasteiger partial charge in [-0.25, -0.2) is 13.1 Å². The van der Waals surface area contributed by atoms with Gasteiger partial charge in [-0.1, -0.05) is 37.1 Å². The molecule has 176 valence electrons. The number of amides is 2. The molecule has 0 aromatic heterocycles. The van der Waals surface area contributed by atoms with Crippen molar-refractivity contribution in [2.24, 2.45) is 11.7 Å². The fourth-order valence-corrected chi connectivity index (χ4v) is 5.53. The molecule has 0 bridgehead atoms. The molecule has 2 aliphatic rings. The molecule has 1 saturated carbocycles. The summed E-state index contributed by atoms with van der Waals surface area (Å²) in [7, 11) is -3.33.